The van der Waals surface area contributed by atoms with Gasteiger partial charge in [0.25, 0.3) is 0 Å². The third-order valence-corrected chi connectivity index (χ3v) is 4.36. The molecule has 0 spiro atoms. The van der Waals surface area contributed by atoms with Crippen LogP contribution in [0.5, 0.6) is 11.5 Å². The highest BCUT2D eigenvalue weighted by Crippen LogP contribution is 2.36. The van der Waals surface area contributed by atoms with E-state index in [4.69, 9.17) is 15.2 Å². The molecule has 1 aromatic carbocycles. The molecule has 0 radical (unpaired) electrons. The number of nitrogens with two attached hydrogens (primary N) is 1. The average Bonchev–Trinajstić information content (AvgIpc) is 2.44. The van der Waals surface area contributed by atoms with Gasteiger partial charge in [-0.15, -0.1) is 0 Å². The van der Waals surface area contributed by atoms with Crippen LogP contribution in [0, 0.1) is 11.3 Å². The van der Waals surface area contributed by atoms with Crippen molar-refractivity contribution in [2.45, 2.75) is 39.7 Å². The average molecular weight is 304 g/mol. The first kappa shape index (κ1) is 15.5. The van der Waals surface area contributed by atoms with Crippen molar-refractivity contribution >= 4 is 5.69 Å². The second-order valence-corrected chi connectivity index (χ2v) is 7.86. The van der Waals surface area contributed by atoms with Gasteiger partial charge in [-0.05, 0) is 36.3 Å². The SMILES string of the molecule is CC(C)(C)CC1CC(N)CN(c2ccc3c(c2)OCCO3)C1. The van der Waals surface area contributed by atoms with Crippen LogP contribution in [-0.4, -0.2) is 32.3 Å². The zero-order valence-electron chi connectivity index (χ0n) is 14.0. The number of ether oxygens (including phenoxy) is 2. The van der Waals surface area contributed by atoms with E-state index in [-0.39, 0.29) is 6.04 Å². The molecule has 2 aliphatic heterocycles. The Balaban J connectivity index is 1.75. The molecule has 2 heterocycles. The minimum Gasteiger partial charge on any atom is -0.486 e. The Kier molecular flexibility index (Phi) is 4.22. The highest BCUT2D eigenvalue weighted by Gasteiger charge is 2.29. The van der Waals surface area contributed by atoms with E-state index in [9.17, 15) is 0 Å². The van der Waals surface area contributed by atoms with Crippen molar-refractivity contribution in [3.05, 3.63) is 18.2 Å². The first-order valence-corrected chi connectivity index (χ1v) is 8.31. The summed E-state index contributed by atoms with van der Waals surface area (Å²) in [6.07, 6.45) is 2.33. The molecular formula is C18H28N2O2. The maximum atomic E-state index is 6.31. The van der Waals surface area contributed by atoms with E-state index in [1.165, 1.54) is 12.1 Å². The molecule has 1 saturated heterocycles. The molecule has 3 rings (SSSR count). The number of piperidine rings is 1. The number of anilines is 1. The van der Waals surface area contributed by atoms with Crippen LogP contribution in [0.1, 0.15) is 33.6 Å². The van der Waals surface area contributed by atoms with Gasteiger partial charge in [0.05, 0.1) is 0 Å². The van der Waals surface area contributed by atoms with Gasteiger partial charge in [-0.3, -0.25) is 0 Å². The number of nitrogens with zero attached hydrogens (tertiary/aromatic N) is 1. The van der Waals surface area contributed by atoms with Crippen LogP contribution in [0.3, 0.4) is 0 Å². The lowest BCUT2D eigenvalue weighted by Gasteiger charge is -2.40. The number of fused-ring (bicyclic) bond motifs is 1. The van der Waals surface area contributed by atoms with Crippen molar-refractivity contribution in [3.63, 3.8) is 0 Å². The van der Waals surface area contributed by atoms with Gasteiger partial charge < -0.3 is 20.1 Å². The van der Waals surface area contributed by atoms with Gasteiger partial charge in [0.1, 0.15) is 13.2 Å². The lowest BCUT2D eigenvalue weighted by Crippen LogP contribution is -2.47. The van der Waals surface area contributed by atoms with Gasteiger partial charge in [-0.1, -0.05) is 20.8 Å². The first-order chi connectivity index (χ1) is 10.4. The van der Waals surface area contributed by atoms with Crippen LogP contribution >= 0.6 is 0 Å². The predicted octanol–water partition coefficient (Wildman–Crippen LogP) is 3.05. The Labute approximate surface area is 133 Å². The monoisotopic (exact) mass is 304 g/mol. The third kappa shape index (κ3) is 3.67. The molecule has 2 aliphatic rings. The predicted molar refractivity (Wildman–Crippen MR) is 89.8 cm³/mol. The molecule has 0 bridgehead atoms. The molecule has 4 heteroatoms. The van der Waals surface area contributed by atoms with Crippen molar-refractivity contribution in [1.29, 1.82) is 0 Å². The highest BCUT2D eigenvalue weighted by atomic mass is 16.6. The van der Waals surface area contributed by atoms with Gasteiger partial charge in [-0.2, -0.15) is 0 Å². The number of rotatable bonds is 2. The van der Waals surface area contributed by atoms with Gasteiger partial charge in [-0.25, -0.2) is 0 Å². The van der Waals surface area contributed by atoms with Crippen LogP contribution < -0.4 is 20.1 Å². The maximum Gasteiger partial charge on any atom is 0.163 e. The number of hydrogen-bond acceptors (Lipinski definition) is 4. The lowest BCUT2D eigenvalue weighted by molar-refractivity contribution is 0.171. The van der Waals surface area contributed by atoms with Crippen molar-refractivity contribution in [2.24, 2.45) is 17.1 Å². The minimum atomic E-state index is 0.245. The smallest absolute Gasteiger partial charge is 0.163 e. The van der Waals surface area contributed by atoms with Crippen LogP contribution in [0.15, 0.2) is 18.2 Å². The summed E-state index contributed by atoms with van der Waals surface area (Å²) in [6.45, 7) is 10.2. The fraction of sp³-hybridized carbons (Fsp3) is 0.667. The molecular weight excluding hydrogens is 276 g/mol. The molecule has 4 nitrogen and oxygen atoms in total. The molecule has 2 unspecified atom stereocenters. The van der Waals surface area contributed by atoms with E-state index in [1.54, 1.807) is 0 Å². The van der Waals surface area contributed by atoms with Crippen LogP contribution in [0.25, 0.3) is 0 Å². The molecule has 2 atom stereocenters. The van der Waals surface area contributed by atoms with E-state index >= 15 is 0 Å². The van der Waals surface area contributed by atoms with Crippen molar-refractivity contribution in [2.75, 3.05) is 31.2 Å². The summed E-state index contributed by atoms with van der Waals surface area (Å²) in [7, 11) is 0. The van der Waals surface area contributed by atoms with E-state index in [2.05, 4.69) is 37.8 Å². The zero-order valence-corrected chi connectivity index (χ0v) is 14.0. The maximum absolute atomic E-state index is 6.31. The van der Waals surface area contributed by atoms with Crippen molar-refractivity contribution in [3.8, 4) is 11.5 Å². The molecule has 1 aromatic rings. The summed E-state index contributed by atoms with van der Waals surface area (Å²) in [5.41, 5.74) is 7.85. The van der Waals surface area contributed by atoms with Gasteiger partial charge in [0.2, 0.25) is 0 Å². The second kappa shape index (κ2) is 5.99. The Bertz CT molecular complexity index is 524. The summed E-state index contributed by atoms with van der Waals surface area (Å²) in [5, 5.41) is 0. The summed E-state index contributed by atoms with van der Waals surface area (Å²) in [5.74, 6) is 2.36. The van der Waals surface area contributed by atoms with Crippen molar-refractivity contribution in [1.82, 2.24) is 0 Å². The zero-order chi connectivity index (χ0) is 15.7. The molecule has 22 heavy (non-hydrogen) atoms. The summed E-state index contributed by atoms with van der Waals surface area (Å²) >= 11 is 0. The first-order valence-electron chi connectivity index (χ1n) is 8.31. The molecule has 0 aromatic heterocycles. The highest BCUT2D eigenvalue weighted by molar-refractivity contribution is 5.57. The fourth-order valence-corrected chi connectivity index (χ4v) is 3.70. The number of hydrogen-bond donors (Lipinski definition) is 1. The molecule has 2 N–H and O–H groups in total. The Morgan fingerprint density at radius 3 is 2.59 bits per heavy atom. The quantitative estimate of drug-likeness (QED) is 0.912. The molecule has 122 valence electrons. The van der Waals surface area contributed by atoms with Crippen LogP contribution in [-0.2, 0) is 0 Å². The second-order valence-electron chi connectivity index (χ2n) is 7.86. The Hall–Kier alpha value is -1.42. The van der Waals surface area contributed by atoms with E-state index in [0.29, 0.717) is 24.5 Å². The van der Waals surface area contributed by atoms with Gasteiger partial charge in [0.15, 0.2) is 11.5 Å². The Morgan fingerprint density at radius 1 is 1.14 bits per heavy atom. The topological polar surface area (TPSA) is 47.7 Å². The molecule has 0 saturated carbocycles. The van der Waals surface area contributed by atoms with E-state index < -0.39 is 0 Å². The molecule has 1 fully saturated rings. The normalized spacial score (nSPS) is 25.2. The van der Waals surface area contributed by atoms with Crippen molar-refractivity contribution < 1.29 is 9.47 Å². The van der Waals surface area contributed by atoms with E-state index in [0.717, 1.165) is 31.0 Å². The largest absolute Gasteiger partial charge is 0.486 e. The number of benzene rings is 1. The van der Waals surface area contributed by atoms with Gasteiger partial charge >= 0.3 is 0 Å². The lowest BCUT2D eigenvalue weighted by atomic mass is 9.80. The summed E-state index contributed by atoms with van der Waals surface area (Å²) in [6, 6.07) is 6.48. The Morgan fingerprint density at radius 2 is 1.86 bits per heavy atom. The standard InChI is InChI=1S/C18H28N2O2/c1-18(2,3)10-13-8-14(19)12-20(11-13)15-4-5-16-17(9-15)22-7-6-21-16/h4-5,9,13-14H,6-8,10-12,19H2,1-3H3. The molecule has 0 amide bonds. The fourth-order valence-electron chi connectivity index (χ4n) is 3.70. The summed E-state index contributed by atoms with van der Waals surface area (Å²) < 4.78 is 11.3. The summed E-state index contributed by atoms with van der Waals surface area (Å²) in [4.78, 5) is 2.41. The van der Waals surface area contributed by atoms with Crippen LogP contribution in [0.2, 0.25) is 0 Å². The third-order valence-electron chi connectivity index (χ3n) is 4.36. The van der Waals surface area contributed by atoms with Gasteiger partial charge in [0, 0.05) is 30.9 Å². The van der Waals surface area contributed by atoms with Crippen LogP contribution in [0.4, 0.5) is 5.69 Å². The van der Waals surface area contributed by atoms with E-state index in [1.807, 2.05) is 6.07 Å². The minimum absolute atomic E-state index is 0.245. The molecule has 0 aliphatic carbocycles.